The molecule has 0 spiro atoms. The predicted octanol–water partition coefficient (Wildman–Crippen LogP) is 1.16. The zero-order chi connectivity index (χ0) is 21.8. The Hall–Kier alpha value is -2.82. The van der Waals surface area contributed by atoms with Crippen LogP contribution in [-0.4, -0.2) is 50.3 Å². The molecule has 0 aliphatic rings. The van der Waals surface area contributed by atoms with Crippen LogP contribution in [-0.2, 0) is 19.6 Å². The van der Waals surface area contributed by atoms with Crippen LogP contribution in [0.3, 0.4) is 0 Å². The van der Waals surface area contributed by atoms with Gasteiger partial charge in [0.15, 0.2) is 0 Å². The van der Waals surface area contributed by atoms with Crippen molar-refractivity contribution in [2.45, 2.75) is 25.7 Å². The number of nitrogens with one attached hydrogen (secondary N) is 2. The van der Waals surface area contributed by atoms with E-state index in [2.05, 4.69) is 15.6 Å². The Bertz CT molecular complexity index is 1040. The van der Waals surface area contributed by atoms with Gasteiger partial charge in [0.25, 0.3) is 0 Å². The quantitative estimate of drug-likeness (QED) is 0.616. The first-order chi connectivity index (χ1) is 13.5. The minimum Gasteiger partial charge on any atom is -0.325 e. The first-order valence-electron chi connectivity index (χ1n) is 8.81. The Morgan fingerprint density at radius 1 is 1.07 bits per heavy atom. The molecular weight excluding hydrogens is 394 g/mol. The van der Waals surface area contributed by atoms with Gasteiger partial charge < -0.3 is 10.6 Å². The van der Waals surface area contributed by atoms with Gasteiger partial charge in [-0.15, -0.1) is 0 Å². The third kappa shape index (κ3) is 6.63. The Kier molecular flexibility index (Phi) is 7.07. The molecule has 0 atom stereocenters. The number of benzene rings is 1. The molecule has 0 saturated carbocycles. The van der Waals surface area contributed by atoms with Crippen LogP contribution in [0.25, 0.3) is 0 Å². The van der Waals surface area contributed by atoms with Gasteiger partial charge >= 0.3 is 0 Å². The van der Waals surface area contributed by atoms with Crippen LogP contribution in [0.5, 0.6) is 0 Å². The van der Waals surface area contributed by atoms with E-state index in [4.69, 9.17) is 5.14 Å². The zero-order valence-corrected chi connectivity index (χ0v) is 17.6. The fourth-order valence-electron chi connectivity index (χ4n) is 2.65. The highest BCUT2D eigenvalue weighted by atomic mass is 32.2. The van der Waals surface area contributed by atoms with Crippen molar-refractivity contribution in [2.75, 3.05) is 30.8 Å². The molecule has 0 saturated heterocycles. The number of hydrogen-bond donors (Lipinski definition) is 3. The lowest BCUT2D eigenvalue weighted by Crippen LogP contribution is -2.36. The van der Waals surface area contributed by atoms with Gasteiger partial charge in [0.1, 0.15) is 5.82 Å². The lowest BCUT2D eigenvalue weighted by atomic mass is 10.1. The molecule has 0 bridgehead atoms. The fraction of sp³-hybridized carbons (Fsp3) is 0.316. The molecule has 0 unspecified atom stereocenters. The third-order valence-corrected chi connectivity index (χ3v) is 5.12. The van der Waals surface area contributed by atoms with Crippen LogP contribution in [0.15, 0.2) is 35.2 Å². The smallest absolute Gasteiger partial charge is 0.239 e. The van der Waals surface area contributed by atoms with Gasteiger partial charge in [0, 0.05) is 11.4 Å². The molecule has 1 aromatic carbocycles. The number of hydrogen-bond acceptors (Lipinski definition) is 6. The fourth-order valence-corrected chi connectivity index (χ4v) is 3.27. The molecule has 2 aromatic rings. The van der Waals surface area contributed by atoms with Crippen LogP contribution >= 0.6 is 0 Å². The van der Waals surface area contributed by atoms with Crippen LogP contribution in [0.4, 0.5) is 11.5 Å². The number of rotatable bonds is 7. The normalized spacial score (nSPS) is 11.4. The Balaban J connectivity index is 1.98. The molecule has 156 valence electrons. The van der Waals surface area contributed by atoms with E-state index in [1.165, 1.54) is 17.0 Å². The third-order valence-electron chi connectivity index (χ3n) is 4.23. The van der Waals surface area contributed by atoms with Crippen molar-refractivity contribution in [3.63, 3.8) is 0 Å². The van der Waals surface area contributed by atoms with Crippen molar-refractivity contribution in [3.05, 3.63) is 47.2 Å². The first kappa shape index (κ1) is 22.5. The number of amides is 2. The van der Waals surface area contributed by atoms with E-state index in [1.807, 2.05) is 13.0 Å². The molecule has 10 heteroatoms. The summed E-state index contributed by atoms with van der Waals surface area (Å²) in [4.78, 5) is 30.1. The summed E-state index contributed by atoms with van der Waals surface area (Å²) in [6, 6.07) is 8.07. The average molecular weight is 420 g/mol. The maximum atomic E-state index is 12.4. The van der Waals surface area contributed by atoms with Crippen molar-refractivity contribution in [2.24, 2.45) is 5.14 Å². The number of nitrogens with zero attached hydrogens (tertiary/aromatic N) is 2. The molecule has 2 amide bonds. The molecule has 0 aliphatic heterocycles. The Labute approximate surface area is 170 Å². The van der Waals surface area contributed by atoms with E-state index in [0.29, 0.717) is 17.1 Å². The highest BCUT2D eigenvalue weighted by molar-refractivity contribution is 7.89. The summed E-state index contributed by atoms with van der Waals surface area (Å²) in [6.45, 7) is 5.24. The van der Waals surface area contributed by atoms with Crippen molar-refractivity contribution >= 4 is 33.3 Å². The van der Waals surface area contributed by atoms with E-state index in [0.717, 1.165) is 11.3 Å². The lowest BCUT2D eigenvalue weighted by Gasteiger charge is -2.17. The maximum absolute atomic E-state index is 12.4. The number of aryl methyl sites for hydroxylation is 2. The molecule has 0 aliphatic carbocycles. The Morgan fingerprint density at radius 3 is 2.28 bits per heavy atom. The molecular formula is C19H25N5O4S. The number of nitrogens with two attached hydrogens (primary N) is 1. The van der Waals surface area contributed by atoms with Crippen molar-refractivity contribution in [3.8, 4) is 0 Å². The molecule has 4 N–H and O–H groups in total. The number of carbonyl (C=O) groups excluding carboxylic acids is 2. The molecule has 1 aromatic heterocycles. The molecule has 0 radical (unpaired) electrons. The topological polar surface area (TPSA) is 134 Å². The van der Waals surface area contributed by atoms with Crippen LogP contribution in [0.2, 0.25) is 0 Å². The largest absolute Gasteiger partial charge is 0.325 e. The summed E-state index contributed by atoms with van der Waals surface area (Å²) in [5, 5.41) is 10.5. The maximum Gasteiger partial charge on any atom is 0.239 e. The summed E-state index contributed by atoms with van der Waals surface area (Å²) in [6.07, 6.45) is 0. The lowest BCUT2D eigenvalue weighted by molar-refractivity contribution is -0.119. The van der Waals surface area contributed by atoms with Gasteiger partial charge in [-0.05, 0) is 63.2 Å². The van der Waals surface area contributed by atoms with Gasteiger partial charge in [0.05, 0.1) is 18.0 Å². The van der Waals surface area contributed by atoms with Gasteiger partial charge in [-0.1, -0.05) is 6.07 Å². The van der Waals surface area contributed by atoms with Crippen LogP contribution < -0.4 is 15.8 Å². The minimum atomic E-state index is -3.89. The van der Waals surface area contributed by atoms with Crippen molar-refractivity contribution in [1.82, 2.24) is 9.88 Å². The summed E-state index contributed by atoms with van der Waals surface area (Å²) in [5.41, 5.74) is 2.56. The summed E-state index contributed by atoms with van der Waals surface area (Å²) in [5.74, 6) is -0.247. The number of primary sulfonamides is 1. The van der Waals surface area contributed by atoms with Gasteiger partial charge in [-0.3, -0.25) is 14.5 Å². The number of pyridine rings is 1. The zero-order valence-electron chi connectivity index (χ0n) is 16.8. The summed E-state index contributed by atoms with van der Waals surface area (Å²) >= 11 is 0. The molecule has 29 heavy (non-hydrogen) atoms. The van der Waals surface area contributed by atoms with E-state index >= 15 is 0 Å². The molecule has 9 nitrogen and oxygen atoms in total. The molecule has 2 rings (SSSR count). The number of sulfonamides is 1. The second-order valence-corrected chi connectivity index (χ2v) is 8.45. The average Bonchev–Trinajstić information content (AvgIpc) is 2.57. The van der Waals surface area contributed by atoms with E-state index < -0.39 is 10.0 Å². The van der Waals surface area contributed by atoms with Gasteiger partial charge in [-0.25, -0.2) is 18.5 Å². The van der Waals surface area contributed by atoms with Gasteiger partial charge in [0.2, 0.25) is 21.8 Å². The molecule has 0 fully saturated rings. The number of carbonyl (C=O) groups is 2. The number of anilines is 2. The van der Waals surface area contributed by atoms with Crippen molar-refractivity contribution in [1.29, 1.82) is 0 Å². The number of aromatic nitrogens is 1. The van der Waals surface area contributed by atoms with E-state index in [9.17, 15) is 18.0 Å². The predicted molar refractivity (Wildman–Crippen MR) is 111 cm³/mol. The van der Waals surface area contributed by atoms with Gasteiger partial charge in [-0.2, -0.15) is 0 Å². The first-order valence-corrected chi connectivity index (χ1v) is 10.4. The van der Waals surface area contributed by atoms with Crippen molar-refractivity contribution < 1.29 is 18.0 Å². The van der Waals surface area contributed by atoms with E-state index in [1.54, 1.807) is 33.0 Å². The second-order valence-electron chi connectivity index (χ2n) is 6.89. The minimum absolute atomic E-state index is 0.0156. The van der Waals surface area contributed by atoms with Crippen LogP contribution in [0.1, 0.15) is 16.8 Å². The molecule has 1 heterocycles. The standard InChI is InChI=1S/C19H25N5O4S/c1-12-8-15(29(20,27)28)9-16(14(12)3)22-18(25)10-24(4)11-19(26)23-17-7-5-6-13(2)21-17/h5-9H,10-11H2,1-4H3,(H,22,25)(H2,20,27,28)(H,21,23,26). The number of likely N-dealkylation sites (N-methyl/N-ethyl adjacent to an activating group) is 1. The SMILES string of the molecule is Cc1cccc(NC(=O)CN(C)CC(=O)Nc2cc(S(N)(=O)=O)cc(C)c2C)n1. The highest BCUT2D eigenvalue weighted by Crippen LogP contribution is 2.23. The van der Waals surface area contributed by atoms with Crippen LogP contribution in [0, 0.1) is 20.8 Å². The highest BCUT2D eigenvalue weighted by Gasteiger charge is 2.16. The van der Waals surface area contributed by atoms with E-state index in [-0.39, 0.29) is 29.8 Å². The monoisotopic (exact) mass is 419 g/mol. The second kappa shape index (κ2) is 9.12. The Morgan fingerprint density at radius 2 is 1.69 bits per heavy atom. The summed E-state index contributed by atoms with van der Waals surface area (Å²) < 4.78 is 23.2. The summed E-state index contributed by atoms with van der Waals surface area (Å²) in [7, 11) is -2.27.